The van der Waals surface area contributed by atoms with E-state index in [1.807, 2.05) is 44.2 Å². The molecular weight excluding hydrogens is 300 g/mol. The predicted molar refractivity (Wildman–Crippen MR) is 89.1 cm³/mol. The van der Waals surface area contributed by atoms with Gasteiger partial charge >= 0.3 is 0 Å². The molecule has 22 heavy (non-hydrogen) atoms. The van der Waals surface area contributed by atoms with Crippen molar-refractivity contribution in [2.45, 2.75) is 39.2 Å². The van der Waals surface area contributed by atoms with Crippen molar-refractivity contribution in [3.8, 4) is 0 Å². The van der Waals surface area contributed by atoms with Gasteiger partial charge < -0.3 is 5.32 Å². The number of sulfonamides is 1. The number of carbonyl (C=O) groups is 1. The third-order valence-electron chi connectivity index (χ3n) is 3.65. The zero-order valence-corrected chi connectivity index (χ0v) is 14.4. The highest BCUT2D eigenvalue weighted by atomic mass is 32.2. The van der Waals surface area contributed by atoms with Gasteiger partial charge in [0.1, 0.15) is 0 Å². The van der Waals surface area contributed by atoms with Crippen LogP contribution in [0, 0.1) is 0 Å². The van der Waals surface area contributed by atoms with Crippen LogP contribution < -0.4 is 5.32 Å². The number of nitrogens with zero attached hydrogens (tertiary/aromatic N) is 1. The standard InChI is InChI=1S/C16H26N2O3S/c1-4-14(2)18(22(3,20)21)13-11-16(19)17-12-10-15-8-6-5-7-9-15/h5-9,14H,4,10-13H2,1-3H3,(H,17,19). The Morgan fingerprint density at radius 2 is 1.91 bits per heavy atom. The Morgan fingerprint density at radius 3 is 2.45 bits per heavy atom. The van der Waals surface area contributed by atoms with Gasteiger partial charge in [0.25, 0.3) is 0 Å². The number of hydrogen-bond acceptors (Lipinski definition) is 3. The summed E-state index contributed by atoms with van der Waals surface area (Å²) in [7, 11) is -3.28. The summed E-state index contributed by atoms with van der Waals surface area (Å²) in [5.41, 5.74) is 1.17. The lowest BCUT2D eigenvalue weighted by Gasteiger charge is -2.25. The van der Waals surface area contributed by atoms with E-state index < -0.39 is 10.0 Å². The van der Waals surface area contributed by atoms with Gasteiger partial charge in [0.05, 0.1) is 6.26 Å². The molecule has 0 saturated heterocycles. The number of amides is 1. The second-order valence-electron chi connectivity index (χ2n) is 5.47. The van der Waals surface area contributed by atoms with Crippen LogP contribution in [-0.2, 0) is 21.2 Å². The Bertz CT molecular complexity index is 558. The zero-order chi connectivity index (χ0) is 16.6. The van der Waals surface area contributed by atoms with Gasteiger partial charge in [-0.25, -0.2) is 8.42 Å². The Labute approximate surface area is 133 Å². The summed E-state index contributed by atoms with van der Waals surface area (Å²) in [5, 5.41) is 2.83. The number of carbonyl (C=O) groups excluding carboxylic acids is 1. The molecule has 0 fully saturated rings. The summed E-state index contributed by atoms with van der Waals surface area (Å²) < 4.78 is 24.9. The van der Waals surface area contributed by atoms with Crippen molar-refractivity contribution in [3.05, 3.63) is 35.9 Å². The number of benzene rings is 1. The quantitative estimate of drug-likeness (QED) is 0.752. The Morgan fingerprint density at radius 1 is 1.27 bits per heavy atom. The van der Waals surface area contributed by atoms with Crippen molar-refractivity contribution < 1.29 is 13.2 Å². The van der Waals surface area contributed by atoms with Crippen molar-refractivity contribution in [2.24, 2.45) is 0 Å². The van der Waals surface area contributed by atoms with Crippen LogP contribution in [0.4, 0.5) is 0 Å². The molecule has 0 spiro atoms. The lowest BCUT2D eigenvalue weighted by Crippen LogP contribution is -2.40. The van der Waals surface area contributed by atoms with Gasteiger partial charge in [-0.05, 0) is 25.3 Å². The van der Waals surface area contributed by atoms with Crippen LogP contribution in [0.3, 0.4) is 0 Å². The molecule has 0 heterocycles. The molecule has 1 rings (SSSR count). The monoisotopic (exact) mass is 326 g/mol. The minimum absolute atomic E-state index is 0.0906. The summed E-state index contributed by atoms with van der Waals surface area (Å²) in [6.07, 6.45) is 2.87. The van der Waals surface area contributed by atoms with Crippen LogP contribution >= 0.6 is 0 Å². The largest absolute Gasteiger partial charge is 0.356 e. The van der Waals surface area contributed by atoms with Crippen molar-refractivity contribution in [3.63, 3.8) is 0 Å². The first-order valence-electron chi connectivity index (χ1n) is 7.62. The predicted octanol–water partition coefficient (Wildman–Crippen LogP) is 1.80. The van der Waals surface area contributed by atoms with E-state index in [1.165, 1.54) is 16.1 Å². The minimum atomic E-state index is -3.28. The van der Waals surface area contributed by atoms with Gasteiger partial charge in [0.2, 0.25) is 15.9 Å². The molecule has 124 valence electrons. The van der Waals surface area contributed by atoms with Crippen LogP contribution in [-0.4, -0.2) is 44.0 Å². The highest BCUT2D eigenvalue weighted by Gasteiger charge is 2.22. The molecule has 1 aromatic carbocycles. The van der Waals surface area contributed by atoms with Gasteiger partial charge in [-0.1, -0.05) is 37.3 Å². The molecule has 1 N–H and O–H groups in total. The Balaban J connectivity index is 2.38. The summed E-state index contributed by atoms with van der Waals surface area (Å²) in [6.45, 7) is 4.58. The van der Waals surface area contributed by atoms with Crippen LogP contribution in [0.25, 0.3) is 0 Å². The van der Waals surface area contributed by atoms with Crippen molar-refractivity contribution in [1.82, 2.24) is 9.62 Å². The Kier molecular flexibility index (Phi) is 7.55. The number of nitrogens with one attached hydrogen (secondary N) is 1. The molecule has 6 heteroatoms. The van der Waals surface area contributed by atoms with E-state index in [4.69, 9.17) is 0 Å². The zero-order valence-electron chi connectivity index (χ0n) is 13.6. The molecule has 1 atom stereocenters. The molecule has 0 aliphatic heterocycles. The average Bonchev–Trinajstić information content (AvgIpc) is 2.46. The van der Waals surface area contributed by atoms with Gasteiger partial charge in [0.15, 0.2) is 0 Å². The van der Waals surface area contributed by atoms with E-state index >= 15 is 0 Å². The molecule has 0 bridgehead atoms. The maximum Gasteiger partial charge on any atom is 0.221 e. The summed E-state index contributed by atoms with van der Waals surface area (Å²) in [6, 6.07) is 9.82. The fourth-order valence-electron chi connectivity index (χ4n) is 2.21. The minimum Gasteiger partial charge on any atom is -0.356 e. The lowest BCUT2D eigenvalue weighted by molar-refractivity contribution is -0.121. The van der Waals surface area contributed by atoms with E-state index in [9.17, 15) is 13.2 Å². The molecule has 0 radical (unpaired) electrons. The van der Waals surface area contributed by atoms with Gasteiger partial charge in [-0.2, -0.15) is 4.31 Å². The molecule has 5 nitrogen and oxygen atoms in total. The summed E-state index contributed by atoms with van der Waals surface area (Å²) in [5.74, 6) is -0.118. The maximum absolute atomic E-state index is 11.8. The van der Waals surface area contributed by atoms with Crippen LogP contribution in [0.2, 0.25) is 0 Å². The third kappa shape index (κ3) is 6.58. The highest BCUT2D eigenvalue weighted by Crippen LogP contribution is 2.09. The fourth-order valence-corrected chi connectivity index (χ4v) is 3.43. The molecular formula is C16H26N2O3S. The van der Waals surface area contributed by atoms with E-state index in [2.05, 4.69) is 5.32 Å². The molecule has 0 saturated carbocycles. The first-order chi connectivity index (χ1) is 10.3. The highest BCUT2D eigenvalue weighted by molar-refractivity contribution is 7.88. The van der Waals surface area contributed by atoms with Gasteiger partial charge in [-0.15, -0.1) is 0 Å². The first-order valence-corrected chi connectivity index (χ1v) is 9.47. The normalized spacial score (nSPS) is 13.1. The van der Waals surface area contributed by atoms with Crippen molar-refractivity contribution >= 4 is 15.9 Å². The van der Waals surface area contributed by atoms with Crippen molar-refractivity contribution in [1.29, 1.82) is 0 Å². The molecule has 1 amide bonds. The van der Waals surface area contributed by atoms with Crippen molar-refractivity contribution in [2.75, 3.05) is 19.3 Å². The second kappa shape index (κ2) is 8.90. The topological polar surface area (TPSA) is 66.5 Å². The number of hydrogen-bond donors (Lipinski definition) is 1. The third-order valence-corrected chi connectivity index (χ3v) is 5.04. The SMILES string of the molecule is CCC(C)N(CCC(=O)NCCc1ccccc1)S(C)(=O)=O. The van der Waals surface area contributed by atoms with Gasteiger partial charge in [0, 0.05) is 25.6 Å². The molecule has 0 aliphatic rings. The molecule has 1 unspecified atom stereocenters. The smallest absolute Gasteiger partial charge is 0.221 e. The van der Waals surface area contributed by atoms with E-state index in [1.54, 1.807) is 0 Å². The summed E-state index contributed by atoms with van der Waals surface area (Å²) in [4.78, 5) is 11.8. The fraction of sp³-hybridized carbons (Fsp3) is 0.562. The maximum atomic E-state index is 11.8. The van der Waals surface area contributed by atoms with Crippen LogP contribution in [0.15, 0.2) is 30.3 Å². The molecule has 1 aromatic rings. The number of rotatable bonds is 9. The van der Waals surface area contributed by atoms with E-state index in [-0.39, 0.29) is 24.9 Å². The van der Waals surface area contributed by atoms with Crippen LogP contribution in [0.1, 0.15) is 32.3 Å². The molecule has 0 aliphatic carbocycles. The average molecular weight is 326 g/mol. The first kappa shape index (κ1) is 18.6. The molecule has 0 aromatic heterocycles. The Hall–Kier alpha value is -1.40. The lowest BCUT2D eigenvalue weighted by atomic mass is 10.1. The van der Waals surface area contributed by atoms with Gasteiger partial charge in [-0.3, -0.25) is 4.79 Å². The van der Waals surface area contributed by atoms with Crippen LogP contribution in [0.5, 0.6) is 0 Å². The van der Waals surface area contributed by atoms with E-state index in [0.29, 0.717) is 6.54 Å². The van der Waals surface area contributed by atoms with E-state index in [0.717, 1.165) is 12.8 Å². The summed E-state index contributed by atoms with van der Waals surface area (Å²) >= 11 is 0. The second-order valence-corrected chi connectivity index (χ2v) is 7.40.